The van der Waals surface area contributed by atoms with Crippen LogP contribution in [-0.4, -0.2) is 34.5 Å². The van der Waals surface area contributed by atoms with Gasteiger partial charge in [-0.05, 0) is 31.9 Å². The molecule has 3 nitrogen and oxygen atoms in total. The summed E-state index contributed by atoms with van der Waals surface area (Å²) in [6.07, 6.45) is 1.97. The quantitative estimate of drug-likeness (QED) is 0.577. The molecule has 0 spiro atoms. The molecule has 0 saturated heterocycles. The van der Waals surface area contributed by atoms with Gasteiger partial charge in [0.15, 0.2) is 6.54 Å². The van der Waals surface area contributed by atoms with Crippen molar-refractivity contribution in [3.8, 4) is 0 Å². The highest BCUT2D eigenvalue weighted by molar-refractivity contribution is 8.13. The minimum absolute atomic E-state index is 0.100. The van der Waals surface area contributed by atoms with Crippen molar-refractivity contribution in [2.75, 3.05) is 12.8 Å². The first-order valence-electron chi connectivity index (χ1n) is 3.62. The zero-order valence-electron chi connectivity index (χ0n) is 7.05. The van der Waals surface area contributed by atoms with E-state index in [9.17, 15) is 4.79 Å². The molecule has 0 radical (unpaired) electrons. The van der Waals surface area contributed by atoms with E-state index in [-0.39, 0.29) is 5.91 Å². The lowest BCUT2D eigenvalue weighted by Crippen LogP contribution is -2.24. The summed E-state index contributed by atoms with van der Waals surface area (Å²) >= 11 is 1.58. The number of rotatable bonds is 1. The normalized spacial score (nSPS) is 18.0. The molecule has 0 aliphatic carbocycles. The van der Waals surface area contributed by atoms with Gasteiger partial charge in [0, 0.05) is 0 Å². The fourth-order valence-electron chi connectivity index (χ4n) is 1.04. The average Bonchev–Trinajstić information content (AvgIpc) is 2.30. The second-order valence-electron chi connectivity index (χ2n) is 2.78. The highest BCUT2D eigenvalue weighted by Crippen LogP contribution is 2.04. The highest BCUT2D eigenvalue weighted by atomic mass is 32.2. The molecule has 1 heterocycles. The van der Waals surface area contributed by atoms with Crippen LogP contribution in [0, 0.1) is 0 Å². The van der Waals surface area contributed by atoms with E-state index in [4.69, 9.17) is 0 Å². The first kappa shape index (κ1) is 8.59. The lowest BCUT2D eigenvalue weighted by molar-refractivity contribution is -0.540. The van der Waals surface area contributed by atoms with Crippen molar-refractivity contribution in [2.45, 2.75) is 19.9 Å². The zero-order chi connectivity index (χ0) is 8.43. The highest BCUT2D eigenvalue weighted by Gasteiger charge is 2.29. The summed E-state index contributed by atoms with van der Waals surface area (Å²) < 4.78 is 2.06. The van der Waals surface area contributed by atoms with Crippen molar-refractivity contribution in [3.63, 3.8) is 0 Å². The van der Waals surface area contributed by atoms with Gasteiger partial charge in [-0.1, -0.05) is 0 Å². The largest absolute Gasteiger partial charge is 0.349 e. The predicted octanol–water partition coefficient (Wildman–Crippen LogP) is 0.256. The predicted molar refractivity (Wildman–Crippen MR) is 46.9 cm³/mol. The van der Waals surface area contributed by atoms with E-state index in [1.165, 1.54) is 0 Å². The summed E-state index contributed by atoms with van der Waals surface area (Å²) in [6, 6.07) is 0.399. The number of nitrogens with one attached hydrogen (secondary N) is 1. The van der Waals surface area contributed by atoms with Crippen LogP contribution in [0.4, 0.5) is 0 Å². The SMILES string of the molecule is CSC1=[N+](C(C)C)CC(=O)N1. The number of carbonyl (C=O) groups excluding carboxylic acids is 1. The van der Waals surface area contributed by atoms with Gasteiger partial charge in [-0.2, -0.15) is 0 Å². The van der Waals surface area contributed by atoms with Crippen molar-refractivity contribution in [3.05, 3.63) is 0 Å². The van der Waals surface area contributed by atoms with Gasteiger partial charge >= 0.3 is 11.1 Å². The molecule has 0 fully saturated rings. The van der Waals surface area contributed by atoms with Gasteiger partial charge < -0.3 is 0 Å². The lowest BCUT2D eigenvalue weighted by atomic mass is 10.4. The molecule has 62 valence electrons. The van der Waals surface area contributed by atoms with Crippen LogP contribution in [-0.2, 0) is 4.79 Å². The number of carbonyl (C=O) groups is 1. The number of amidine groups is 1. The third-order valence-corrected chi connectivity index (χ3v) is 2.36. The van der Waals surface area contributed by atoms with Crippen LogP contribution < -0.4 is 5.32 Å². The van der Waals surface area contributed by atoms with E-state index in [1.807, 2.05) is 6.26 Å². The summed E-state index contributed by atoms with van der Waals surface area (Å²) in [5.74, 6) is 0.100. The molecular formula is C7H13N2OS+. The number of hydrogen-bond acceptors (Lipinski definition) is 2. The number of amides is 1. The molecule has 4 heteroatoms. The minimum Gasteiger partial charge on any atom is -0.242 e. The molecule has 1 rings (SSSR count). The second kappa shape index (κ2) is 3.26. The molecule has 0 bridgehead atoms. The molecule has 1 aliphatic heterocycles. The molecule has 0 saturated carbocycles. The van der Waals surface area contributed by atoms with E-state index in [0.29, 0.717) is 12.6 Å². The second-order valence-corrected chi connectivity index (χ2v) is 3.57. The van der Waals surface area contributed by atoms with Gasteiger partial charge in [-0.3, -0.25) is 0 Å². The Morgan fingerprint density at radius 3 is 2.64 bits per heavy atom. The summed E-state index contributed by atoms with van der Waals surface area (Å²) in [4.78, 5) is 10.9. The van der Waals surface area contributed by atoms with Gasteiger partial charge in [0.05, 0.1) is 6.04 Å². The Hall–Kier alpha value is -0.510. The monoisotopic (exact) mass is 173 g/mol. The molecule has 11 heavy (non-hydrogen) atoms. The van der Waals surface area contributed by atoms with E-state index in [1.54, 1.807) is 11.8 Å². The average molecular weight is 173 g/mol. The van der Waals surface area contributed by atoms with Crippen LogP contribution >= 0.6 is 11.8 Å². The third kappa shape index (κ3) is 1.74. The van der Waals surface area contributed by atoms with Crippen LogP contribution in [0.2, 0.25) is 0 Å². The van der Waals surface area contributed by atoms with Crippen molar-refractivity contribution >= 4 is 22.8 Å². The van der Waals surface area contributed by atoms with Crippen LogP contribution in [0.25, 0.3) is 0 Å². The Morgan fingerprint density at radius 1 is 1.64 bits per heavy atom. The van der Waals surface area contributed by atoms with E-state index in [0.717, 1.165) is 5.17 Å². The molecule has 1 amide bonds. The number of nitrogens with zero attached hydrogens (tertiary/aromatic N) is 1. The Labute approximate surface area is 70.9 Å². The topological polar surface area (TPSA) is 32.1 Å². The molecule has 1 aliphatic rings. The Morgan fingerprint density at radius 2 is 2.27 bits per heavy atom. The molecule has 1 N–H and O–H groups in total. The molecule has 0 unspecified atom stereocenters. The van der Waals surface area contributed by atoms with Crippen molar-refractivity contribution in [2.24, 2.45) is 0 Å². The maximum atomic E-state index is 10.9. The summed E-state index contributed by atoms with van der Waals surface area (Å²) in [5.41, 5.74) is 0. The maximum absolute atomic E-state index is 10.9. The smallest absolute Gasteiger partial charge is 0.242 e. The molecule has 0 aromatic rings. The van der Waals surface area contributed by atoms with Crippen LogP contribution in [0.15, 0.2) is 0 Å². The van der Waals surface area contributed by atoms with Crippen LogP contribution in [0.1, 0.15) is 13.8 Å². The summed E-state index contributed by atoms with van der Waals surface area (Å²) in [7, 11) is 0. The Kier molecular flexibility index (Phi) is 2.54. The molecule has 0 aromatic carbocycles. The van der Waals surface area contributed by atoms with Crippen molar-refractivity contribution in [1.29, 1.82) is 0 Å². The Balaban J connectivity index is 2.79. The minimum atomic E-state index is 0.100. The van der Waals surface area contributed by atoms with Gasteiger partial charge in [0.2, 0.25) is 0 Å². The zero-order valence-corrected chi connectivity index (χ0v) is 7.86. The van der Waals surface area contributed by atoms with E-state index >= 15 is 0 Å². The van der Waals surface area contributed by atoms with Crippen molar-refractivity contribution in [1.82, 2.24) is 5.32 Å². The standard InChI is InChI=1S/C7H12N2OS/c1-5(2)9-4-6(10)8-7(9)11-3/h5H,4H2,1-3H3/p+1. The Bertz CT molecular complexity index is 210. The molecular weight excluding hydrogens is 160 g/mol. The fraction of sp³-hybridized carbons (Fsp3) is 0.714. The number of hydrogen-bond donors (Lipinski definition) is 1. The third-order valence-electron chi connectivity index (χ3n) is 1.64. The number of thioether (sulfide) groups is 1. The van der Waals surface area contributed by atoms with E-state index < -0.39 is 0 Å². The van der Waals surface area contributed by atoms with Gasteiger partial charge in [0.25, 0.3) is 0 Å². The lowest BCUT2D eigenvalue weighted by Gasteiger charge is -2.03. The van der Waals surface area contributed by atoms with Gasteiger partial charge in [0.1, 0.15) is 0 Å². The van der Waals surface area contributed by atoms with Crippen LogP contribution in [0.5, 0.6) is 0 Å². The summed E-state index contributed by atoms with van der Waals surface area (Å²) in [6.45, 7) is 4.67. The van der Waals surface area contributed by atoms with Gasteiger partial charge in [-0.15, -0.1) is 0 Å². The van der Waals surface area contributed by atoms with Gasteiger partial charge in [-0.25, -0.2) is 14.7 Å². The fourth-order valence-corrected chi connectivity index (χ4v) is 1.77. The maximum Gasteiger partial charge on any atom is 0.349 e. The molecule has 0 atom stereocenters. The first-order chi connectivity index (χ1) is 5.15. The van der Waals surface area contributed by atoms with Crippen molar-refractivity contribution < 1.29 is 9.37 Å². The van der Waals surface area contributed by atoms with E-state index in [2.05, 4.69) is 23.7 Å². The first-order valence-corrected chi connectivity index (χ1v) is 4.85. The van der Waals surface area contributed by atoms with Crippen LogP contribution in [0.3, 0.4) is 0 Å². The molecule has 0 aromatic heterocycles. The summed E-state index contributed by atoms with van der Waals surface area (Å²) in [5, 5.41) is 3.78.